The van der Waals surface area contributed by atoms with Gasteiger partial charge in [-0.2, -0.15) is 0 Å². The highest BCUT2D eigenvalue weighted by molar-refractivity contribution is 6.31. The zero-order chi connectivity index (χ0) is 16.0. The van der Waals surface area contributed by atoms with Crippen molar-refractivity contribution in [3.8, 4) is 0 Å². The first kappa shape index (κ1) is 15.0. The molecule has 5 heteroatoms. The Kier molecular flexibility index (Phi) is 3.60. The summed E-state index contributed by atoms with van der Waals surface area (Å²) in [6, 6.07) is 13.4. The smallest absolute Gasteiger partial charge is 0.249 e. The normalized spacial score (nSPS) is 23.3. The molecule has 1 amide bonds. The standard InChI is InChI=1S/C18H16Cl2N2O/c19-13-4-1-3-12(9-13)11-18(22-7-2-8-22)15-6-5-14(20)10-16(15)21-17(18)23/h1,3-6,9-10H,2,7-8,11H2,(H,21,23). The van der Waals surface area contributed by atoms with Crippen LogP contribution in [0.1, 0.15) is 17.5 Å². The fourth-order valence-corrected chi connectivity index (χ4v) is 3.96. The van der Waals surface area contributed by atoms with E-state index >= 15 is 0 Å². The zero-order valence-corrected chi connectivity index (χ0v) is 14.0. The molecule has 0 aliphatic carbocycles. The van der Waals surface area contributed by atoms with Crippen molar-refractivity contribution in [3.05, 3.63) is 63.6 Å². The molecule has 0 saturated carbocycles. The molecule has 0 bridgehead atoms. The number of benzene rings is 2. The average Bonchev–Trinajstić information content (AvgIpc) is 2.69. The summed E-state index contributed by atoms with van der Waals surface area (Å²) < 4.78 is 0. The van der Waals surface area contributed by atoms with Gasteiger partial charge in [0.1, 0.15) is 5.54 Å². The molecular formula is C18H16Cl2N2O. The Hall–Kier alpha value is -1.55. The van der Waals surface area contributed by atoms with E-state index in [1.807, 2.05) is 42.5 Å². The molecule has 2 aromatic carbocycles. The van der Waals surface area contributed by atoms with Crippen LogP contribution in [0.25, 0.3) is 0 Å². The van der Waals surface area contributed by atoms with Crippen LogP contribution in [0.5, 0.6) is 0 Å². The van der Waals surface area contributed by atoms with Gasteiger partial charge in [0.15, 0.2) is 0 Å². The minimum absolute atomic E-state index is 0.0226. The van der Waals surface area contributed by atoms with Crippen molar-refractivity contribution in [2.75, 3.05) is 18.4 Å². The predicted molar refractivity (Wildman–Crippen MR) is 93.1 cm³/mol. The lowest BCUT2D eigenvalue weighted by atomic mass is 9.81. The van der Waals surface area contributed by atoms with Gasteiger partial charge in [0.25, 0.3) is 0 Å². The van der Waals surface area contributed by atoms with Crippen LogP contribution in [-0.4, -0.2) is 23.9 Å². The Morgan fingerprint density at radius 1 is 1.09 bits per heavy atom. The monoisotopic (exact) mass is 346 g/mol. The summed E-state index contributed by atoms with van der Waals surface area (Å²) in [4.78, 5) is 15.2. The third kappa shape index (κ3) is 2.35. The largest absolute Gasteiger partial charge is 0.324 e. The molecule has 1 saturated heterocycles. The van der Waals surface area contributed by atoms with Crippen LogP contribution in [0.4, 0.5) is 5.69 Å². The minimum atomic E-state index is -0.664. The second-order valence-electron chi connectivity index (χ2n) is 6.15. The molecule has 2 aliphatic rings. The molecule has 1 fully saturated rings. The highest BCUT2D eigenvalue weighted by Gasteiger charge is 2.52. The average molecular weight is 347 g/mol. The Bertz CT molecular complexity index is 788. The number of nitrogens with one attached hydrogen (secondary N) is 1. The maximum atomic E-state index is 13.0. The molecule has 3 nitrogen and oxygen atoms in total. The van der Waals surface area contributed by atoms with Gasteiger partial charge in [0.05, 0.1) is 0 Å². The van der Waals surface area contributed by atoms with Gasteiger partial charge in [0.2, 0.25) is 5.91 Å². The molecule has 0 spiro atoms. The third-order valence-electron chi connectivity index (χ3n) is 4.80. The second kappa shape index (κ2) is 5.52. The lowest BCUT2D eigenvalue weighted by Crippen LogP contribution is -2.58. The third-order valence-corrected chi connectivity index (χ3v) is 5.27. The number of halogens is 2. The van der Waals surface area contributed by atoms with Crippen molar-refractivity contribution in [1.82, 2.24) is 4.90 Å². The summed E-state index contributed by atoms with van der Waals surface area (Å²) in [5, 5.41) is 4.34. The van der Waals surface area contributed by atoms with Crippen LogP contribution < -0.4 is 5.32 Å². The Morgan fingerprint density at radius 2 is 1.87 bits per heavy atom. The van der Waals surface area contributed by atoms with Crippen molar-refractivity contribution in [3.63, 3.8) is 0 Å². The Balaban J connectivity index is 1.83. The van der Waals surface area contributed by atoms with E-state index in [1.165, 1.54) is 0 Å². The summed E-state index contributed by atoms with van der Waals surface area (Å²) in [5.74, 6) is 0.0226. The number of carbonyl (C=O) groups excluding carboxylic acids is 1. The van der Waals surface area contributed by atoms with Crippen LogP contribution in [0.15, 0.2) is 42.5 Å². The van der Waals surface area contributed by atoms with E-state index in [4.69, 9.17) is 23.2 Å². The highest BCUT2D eigenvalue weighted by Crippen LogP contribution is 2.45. The van der Waals surface area contributed by atoms with E-state index in [1.54, 1.807) is 0 Å². The summed E-state index contributed by atoms with van der Waals surface area (Å²) in [5.41, 5.74) is 2.22. The topological polar surface area (TPSA) is 32.3 Å². The van der Waals surface area contributed by atoms with Gasteiger partial charge in [-0.05, 0) is 36.2 Å². The molecule has 23 heavy (non-hydrogen) atoms. The summed E-state index contributed by atoms with van der Waals surface area (Å²) in [6.07, 6.45) is 1.72. The summed E-state index contributed by atoms with van der Waals surface area (Å²) in [7, 11) is 0. The van der Waals surface area contributed by atoms with E-state index in [0.29, 0.717) is 16.5 Å². The number of hydrogen-bond acceptors (Lipinski definition) is 2. The van der Waals surface area contributed by atoms with Gasteiger partial charge in [-0.3, -0.25) is 9.69 Å². The number of nitrogens with zero attached hydrogens (tertiary/aromatic N) is 1. The summed E-state index contributed by atoms with van der Waals surface area (Å²) in [6.45, 7) is 1.85. The minimum Gasteiger partial charge on any atom is -0.324 e. The second-order valence-corrected chi connectivity index (χ2v) is 7.02. The lowest BCUT2D eigenvalue weighted by molar-refractivity contribution is -0.130. The van der Waals surface area contributed by atoms with Gasteiger partial charge in [-0.1, -0.05) is 41.4 Å². The van der Waals surface area contributed by atoms with Crippen LogP contribution in [0, 0.1) is 0 Å². The molecule has 1 unspecified atom stereocenters. The van der Waals surface area contributed by atoms with E-state index in [9.17, 15) is 4.79 Å². The fraction of sp³-hybridized carbons (Fsp3) is 0.278. The molecule has 1 atom stereocenters. The van der Waals surface area contributed by atoms with E-state index in [0.717, 1.165) is 36.3 Å². The SMILES string of the molecule is O=C1Nc2cc(Cl)ccc2C1(Cc1cccc(Cl)c1)N1CCC1. The molecular weight excluding hydrogens is 331 g/mol. The van der Waals surface area contributed by atoms with Crippen molar-refractivity contribution >= 4 is 34.8 Å². The van der Waals surface area contributed by atoms with Gasteiger partial charge in [-0.25, -0.2) is 0 Å². The summed E-state index contributed by atoms with van der Waals surface area (Å²) >= 11 is 12.2. The maximum Gasteiger partial charge on any atom is 0.249 e. The molecule has 4 rings (SSSR count). The Labute approximate surface area is 145 Å². The Morgan fingerprint density at radius 3 is 2.57 bits per heavy atom. The molecule has 1 N–H and O–H groups in total. The van der Waals surface area contributed by atoms with E-state index < -0.39 is 5.54 Å². The van der Waals surface area contributed by atoms with Crippen LogP contribution in [-0.2, 0) is 16.8 Å². The number of hydrogen-bond donors (Lipinski definition) is 1. The zero-order valence-electron chi connectivity index (χ0n) is 12.5. The fourth-order valence-electron chi connectivity index (χ4n) is 3.57. The predicted octanol–water partition coefficient (Wildman–Crippen LogP) is 4.09. The van der Waals surface area contributed by atoms with Gasteiger partial charge in [-0.15, -0.1) is 0 Å². The highest BCUT2D eigenvalue weighted by atomic mass is 35.5. The molecule has 2 heterocycles. The number of likely N-dealkylation sites (tertiary alicyclic amines) is 1. The first-order chi connectivity index (χ1) is 11.1. The number of rotatable bonds is 3. The van der Waals surface area contributed by atoms with Crippen LogP contribution in [0.3, 0.4) is 0 Å². The molecule has 0 aromatic heterocycles. The van der Waals surface area contributed by atoms with Gasteiger partial charge >= 0.3 is 0 Å². The van der Waals surface area contributed by atoms with Crippen LogP contribution in [0.2, 0.25) is 10.0 Å². The maximum absolute atomic E-state index is 13.0. The quantitative estimate of drug-likeness (QED) is 0.907. The van der Waals surface area contributed by atoms with Gasteiger partial charge in [0, 0.05) is 40.8 Å². The number of amides is 1. The number of anilines is 1. The van der Waals surface area contributed by atoms with E-state index in [-0.39, 0.29) is 5.91 Å². The molecule has 118 valence electrons. The lowest BCUT2D eigenvalue weighted by Gasteiger charge is -2.45. The number of fused-ring (bicyclic) bond motifs is 1. The van der Waals surface area contributed by atoms with Crippen molar-refractivity contribution in [2.45, 2.75) is 18.4 Å². The van der Waals surface area contributed by atoms with Crippen molar-refractivity contribution < 1.29 is 4.79 Å². The van der Waals surface area contributed by atoms with Gasteiger partial charge < -0.3 is 5.32 Å². The molecule has 2 aliphatic heterocycles. The van der Waals surface area contributed by atoms with E-state index in [2.05, 4.69) is 10.2 Å². The number of carbonyl (C=O) groups is 1. The molecule has 2 aromatic rings. The van der Waals surface area contributed by atoms with Crippen LogP contribution >= 0.6 is 23.2 Å². The van der Waals surface area contributed by atoms with Crippen molar-refractivity contribution in [1.29, 1.82) is 0 Å². The molecule has 0 radical (unpaired) electrons. The van der Waals surface area contributed by atoms with Crippen molar-refractivity contribution in [2.24, 2.45) is 0 Å². The first-order valence-corrected chi connectivity index (χ1v) is 8.46. The first-order valence-electron chi connectivity index (χ1n) is 7.70.